The smallest absolute Gasteiger partial charge is 0.263 e. The minimum atomic E-state index is -0.726. The van der Waals surface area contributed by atoms with Gasteiger partial charge in [0.2, 0.25) is 0 Å². The molecule has 1 saturated heterocycles. The summed E-state index contributed by atoms with van der Waals surface area (Å²) in [6.07, 6.45) is -0.726. The average Bonchev–Trinajstić information content (AvgIpc) is 2.51. The van der Waals surface area contributed by atoms with E-state index < -0.39 is 11.9 Å². The van der Waals surface area contributed by atoms with Gasteiger partial charge in [0.15, 0.2) is 17.7 Å². The van der Waals surface area contributed by atoms with E-state index in [9.17, 15) is 9.18 Å². The molecule has 1 aromatic rings. The summed E-state index contributed by atoms with van der Waals surface area (Å²) in [4.78, 5) is 14.0. The molecule has 6 heteroatoms. The first-order valence-corrected chi connectivity index (χ1v) is 7.08. The SMILES string of the molecule is CNCc1cccc(F)c1OC(C)C(=O)N1CCOCC1. The quantitative estimate of drug-likeness (QED) is 0.886. The van der Waals surface area contributed by atoms with Crippen LogP contribution in [-0.4, -0.2) is 50.3 Å². The number of halogens is 1. The number of morpholine rings is 1. The third kappa shape index (κ3) is 3.92. The van der Waals surface area contributed by atoms with E-state index in [1.165, 1.54) is 6.07 Å². The number of carbonyl (C=O) groups excluding carboxylic acids is 1. The zero-order valence-electron chi connectivity index (χ0n) is 12.4. The van der Waals surface area contributed by atoms with E-state index in [0.29, 0.717) is 38.4 Å². The largest absolute Gasteiger partial charge is 0.477 e. The average molecular weight is 296 g/mol. The maximum absolute atomic E-state index is 13.9. The van der Waals surface area contributed by atoms with Crippen LogP contribution in [0.3, 0.4) is 0 Å². The van der Waals surface area contributed by atoms with Crippen LogP contribution in [-0.2, 0) is 16.1 Å². The Morgan fingerprint density at radius 3 is 2.86 bits per heavy atom. The molecule has 1 amide bonds. The van der Waals surface area contributed by atoms with Crippen LogP contribution in [0.25, 0.3) is 0 Å². The van der Waals surface area contributed by atoms with Gasteiger partial charge in [-0.15, -0.1) is 0 Å². The Hall–Kier alpha value is -1.66. The molecule has 2 rings (SSSR count). The molecule has 1 aliphatic heterocycles. The van der Waals surface area contributed by atoms with Crippen molar-refractivity contribution < 1.29 is 18.7 Å². The molecule has 1 aromatic carbocycles. The van der Waals surface area contributed by atoms with Crippen molar-refractivity contribution in [2.75, 3.05) is 33.4 Å². The van der Waals surface area contributed by atoms with Crippen molar-refractivity contribution >= 4 is 5.91 Å². The number of benzene rings is 1. The summed E-state index contributed by atoms with van der Waals surface area (Å²) in [7, 11) is 1.77. The first-order valence-electron chi connectivity index (χ1n) is 7.08. The molecule has 21 heavy (non-hydrogen) atoms. The molecule has 1 N–H and O–H groups in total. The number of nitrogens with zero attached hydrogens (tertiary/aromatic N) is 1. The highest BCUT2D eigenvalue weighted by molar-refractivity contribution is 5.81. The van der Waals surface area contributed by atoms with E-state index in [-0.39, 0.29) is 11.7 Å². The highest BCUT2D eigenvalue weighted by atomic mass is 19.1. The lowest BCUT2D eigenvalue weighted by atomic mass is 10.2. The Morgan fingerprint density at radius 1 is 1.48 bits per heavy atom. The molecule has 1 fully saturated rings. The summed E-state index contributed by atoms with van der Waals surface area (Å²) < 4.78 is 24.8. The molecule has 5 nitrogen and oxygen atoms in total. The van der Waals surface area contributed by atoms with Crippen molar-refractivity contribution in [3.63, 3.8) is 0 Å². The maximum atomic E-state index is 13.9. The third-order valence-corrected chi connectivity index (χ3v) is 3.38. The normalized spacial score (nSPS) is 16.6. The Balaban J connectivity index is 2.07. The third-order valence-electron chi connectivity index (χ3n) is 3.38. The van der Waals surface area contributed by atoms with E-state index in [1.54, 1.807) is 31.0 Å². The van der Waals surface area contributed by atoms with Gasteiger partial charge in [-0.25, -0.2) is 4.39 Å². The lowest BCUT2D eigenvalue weighted by Gasteiger charge is -2.29. The molecule has 116 valence electrons. The minimum absolute atomic E-state index is 0.140. The van der Waals surface area contributed by atoms with Gasteiger partial charge in [0.25, 0.3) is 5.91 Å². The predicted molar refractivity (Wildman–Crippen MR) is 76.7 cm³/mol. The molecule has 1 heterocycles. The molecule has 0 spiro atoms. The van der Waals surface area contributed by atoms with Gasteiger partial charge in [0, 0.05) is 25.2 Å². The topological polar surface area (TPSA) is 50.8 Å². The van der Waals surface area contributed by atoms with Gasteiger partial charge in [0.05, 0.1) is 13.2 Å². The summed E-state index contributed by atoms with van der Waals surface area (Å²) in [6, 6.07) is 4.74. The van der Waals surface area contributed by atoms with Crippen LogP contribution < -0.4 is 10.1 Å². The fourth-order valence-corrected chi connectivity index (χ4v) is 2.28. The van der Waals surface area contributed by atoms with Gasteiger partial charge in [-0.1, -0.05) is 12.1 Å². The number of para-hydroxylation sites is 1. The number of amides is 1. The van der Waals surface area contributed by atoms with Gasteiger partial charge in [-0.2, -0.15) is 0 Å². The maximum Gasteiger partial charge on any atom is 0.263 e. The molecular formula is C15H21FN2O3. The standard InChI is InChI=1S/C15H21FN2O3/c1-11(15(19)18-6-8-20-9-7-18)21-14-12(10-17-2)4-3-5-13(14)16/h3-5,11,17H,6-10H2,1-2H3. The van der Waals surface area contributed by atoms with Crippen LogP contribution in [0.5, 0.6) is 5.75 Å². The van der Waals surface area contributed by atoms with E-state index >= 15 is 0 Å². The van der Waals surface area contributed by atoms with Gasteiger partial charge < -0.3 is 19.7 Å². The van der Waals surface area contributed by atoms with Gasteiger partial charge in [-0.3, -0.25) is 4.79 Å². The zero-order chi connectivity index (χ0) is 15.2. The molecule has 0 radical (unpaired) electrons. The second-order valence-corrected chi connectivity index (χ2v) is 4.96. The van der Waals surface area contributed by atoms with Crippen LogP contribution in [0.4, 0.5) is 4.39 Å². The second-order valence-electron chi connectivity index (χ2n) is 4.96. The Bertz CT molecular complexity index is 490. The summed E-state index contributed by atoms with van der Waals surface area (Å²) in [5, 5.41) is 2.96. The molecule has 0 aliphatic carbocycles. The van der Waals surface area contributed by atoms with E-state index in [4.69, 9.17) is 9.47 Å². The highest BCUT2D eigenvalue weighted by Gasteiger charge is 2.25. The molecular weight excluding hydrogens is 275 g/mol. The van der Waals surface area contributed by atoms with Crippen molar-refractivity contribution in [1.29, 1.82) is 0 Å². The molecule has 1 aliphatic rings. The van der Waals surface area contributed by atoms with Crippen molar-refractivity contribution in [3.05, 3.63) is 29.6 Å². The van der Waals surface area contributed by atoms with Crippen LogP contribution in [0.2, 0.25) is 0 Å². The molecule has 0 saturated carbocycles. The van der Waals surface area contributed by atoms with Crippen molar-refractivity contribution in [1.82, 2.24) is 10.2 Å². The van der Waals surface area contributed by atoms with Crippen molar-refractivity contribution in [3.8, 4) is 5.75 Å². The number of nitrogens with one attached hydrogen (secondary N) is 1. The summed E-state index contributed by atoms with van der Waals surface area (Å²) in [5.74, 6) is -0.456. The van der Waals surface area contributed by atoms with Gasteiger partial charge >= 0.3 is 0 Å². The van der Waals surface area contributed by atoms with Crippen molar-refractivity contribution in [2.45, 2.75) is 19.6 Å². The van der Waals surface area contributed by atoms with Crippen LogP contribution in [0.15, 0.2) is 18.2 Å². The second kappa shape index (κ2) is 7.38. The van der Waals surface area contributed by atoms with Gasteiger partial charge in [-0.05, 0) is 20.0 Å². The van der Waals surface area contributed by atoms with Crippen LogP contribution in [0, 0.1) is 5.82 Å². The number of ether oxygens (including phenoxy) is 2. The number of rotatable bonds is 5. The minimum Gasteiger partial charge on any atom is -0.477 e. The van der Waals surface area contributed by atoms with Gasteiger partial charge in [0.1, 0.15) is 0 Å². The van der Waals surface area contributed by atoms with Crippen LogP contribution in [0.1, 0.15) is 12.5 Å². The number of carbonyl (C=O) groups is 1. The summed E-state index contributed by atoms with van der Waals surface area (Å²) in [5.41, 5.74) is 0.694. The Morgan fingerprint density at radius 2 is 2.19 bits per heavy atom. The number of hydrogen-bond donors (Lipinski definition) is 1. The highest BCUT2D eigenvalue weighted by Crippen LogP contribution is 2.24. The van der Waals surface area contributed by atoms with Crippen molar-refractivity contribution in [2.24, 2.45) is 0 Å². The summed E-state index contributed by atoms with van der Waals surface area (Å²) >= 11 is 0. The van der Waals surface area contributed by atoms with E-state index in [1.807, 2.05) is 0 Å². The zero-order valence-corrected chi connectivity index (χ0v) is 12.4. The first-order chi connectivity index (χ1) is 10.1. The van der Waals surface area contributed by atoms with E-state index in [2.05, 4.69) is 5.32 Å². The first kappa shape index (κ1) is 15.7. The summed E-state index contributed by atoms with van der Waals surface area (Å²) in [6.45, 7) is 4.28. The molecule has 1 unspecified atom stereocenters. The molecule has 1 atom stereocenters. The van der Waals surface area contributed by atoms with E-state index in [0.717, 1.165) is 0 Å². The van der Waals surface area contributed by atoms with Crippen LogP contribution >= 0.6 is 0 Å². The molecule has 0 bridgehead atoms. The predicted octanol–water partition coefficient (Wildman–Crippen LogP) is 1.17. The fourth-order valence-electron chi connectivity index (χ4n) is 2.28. The Labute approximate surface area is 124 Å². The lowest BCUT2D eigenvalue weighted by Crippen LogP contribution is -2.46. The lowest BCUT2D eigenvalue weighted by molar-refractivity contribution is -0.142. The number of hydrogen-bond acceptors (Lipinski definition) is 4. The Kier molecular flexibility index (Phi) is 5.52. The monoisotopic (exact) mass is 296 g/mol. The molecule has 0 aromatic heterocycles. The fraction of sp³-hybridized carbons (Fsp3) is 0.533.